The molecule has 3 fully saturated rings. The summed E-state index contributed by atoms with van der Waals surface area (Å²) in [4.78, 5) is 0. The van der Waals surface area contributed by atoms with Crippen LogP contribution in [0.15, 0.2) is 6.20 Å². The van der Waals surface area contributed by atoms with E-state index in [-0.39, 0.29) is 18.3 Å². The van der Waals surface area contributed by atoms with Gasteiger partial charge in [0, 0.05) is 23.9 Å². The van der Waals surface area contributed by atoms with Gasteiger partial charge in [0.15, 0.2) is 0 Å². The fourth-order valence-corrected chi connectivity index (χ4v) is 6.02. The van der Waals surface area contributed by atoms with Crippen molar-refractivity contribution >= 4 is 12.6 Å². The topological polar surface area (TPSA) is 36.3 Å². The molecule has 2 saturated carbocycles. The molecule has 0 amide bonds. The maximum absolute atomic E-state index is 6.26. The molecule has 1 saturated heterocycles. The quantitative estimate of drug-likeness (QED) is 0.741. The van der Waals surface area contributed by atoms with Gasteiger partial charge in [0.25, 0.3) is 0 Å². The Bertz CT molecular complexity index is 677. The van der Waals surface area contributed by atoms with Crippen LogP contribution < -0.4 is 5.46 Å². The number of rotatable bonds is 3. The minimum absolute atomic E-state index is 0.310. The van der Waals surface area contributed by atoms with Gasteiger partial charge in [-0.25, -0.2) is 0 Å². The highest BCUT2D eigenvalue weighted by Gasteiger charge is 2.52. The van der Waals surface area contributed by atoms with E-state index in [2.05, 4.69) is 53.1 Å². The van der Waals surface area contributed by atoms with E-state index in [1.54, 1.807) is 0 Å². The van der Waals surface area contributed by atoms with Crippen LogP contribution in [0.2, 0.25) is 0 Å². The van der Waals surface area contributed by atoms with Crippen LogP contribution in [-0.2, 0) is 15.9 Å². The van der Waals surface area contributed by atoms with Crippen LogP contribution in [0.25, 0.3) is 0 Å². The summed E-state index contributed by atoms with van der Waals surface area (Å²) in [6.07, 6.45) is 8.95. The minimum atomic E-state index is -0.317. The lowest BCUT2D eigenvalue weighted by atomic mass is 9.59. The number of hydrogen-bond donors (Lipinski definition) is 0. The average molecular weight is 372 g/mol. The first kappa shape index (κ1) is 19.5. The van der Waals surface area contributed by atoms with Crippen molar-refractivity contribution in [1.29, 1.82) is 0 Å². The molecule has 1 aromatic heterocycles. The maximum Gasteiger partial charge on any atom is 0.498 e. The number of nitrogens with zero attached hydrogens (tertiary/aromatic N) is 2. The Morgan fingerprint density at radius 1 is 1.04 bits per heavy atom. The van der Waals surface area contributed by atoms with Crippen LogP contribution in [0, 0.1) is 30.1 Å². The summed E-state index contributed by atoms with van der Waals surface area (Å²) >= 11 is 0. The lowest BCUT2D eigenvalue weighted by molar-refractivity contribution is 0.00578. The zero-order chi connectivity index (χ0) is 19.6. The molecule has 0 spiro atoms. The lowest BCUT2D eigenvalue weighted by Crippen LogP contribution is -2.41. The minimum Gasteiger partial charge on any atom is -0.399 e. The molecule has 0 radical (unpaired) electrons. The van der Waals surface area contributed by atoms with Crippen molar-refractivity contribution in [1.82, 2.24) is 9.78 Å². The molecule has 1 aliphatic heterocycles. The first-order valence-corrected chi connectivity index (χ1v) is 10.9. The molecular weight excluding hydrogens is 335 g/mol. The van der Waals surface area contributed by atoms with Gasteiger partial charge in [0.05, 0.1) is 11.2 Å². The van der Waals surface area contributed by atoms with Crippen LogP contribution in [-0.4, -0.2) is 28.1 Å². The molecule has 0 N–H and O–H groups in total. The molecule has 1 aromatic rings. The highest BCUT2D eigenvalue weighted by Crippen LogP contribution is 2.50. The van der Waals surface area contributed by atoms with Gasteiger partial charge in [-0.2, -0.15) is 5.10 Å². The number of fused-ring (bicyclic) bond motifs is 2. The van der Waals surface area contributed by atoms with Crippen molar-refractivity contribution in [2.75, 3.05) is 0 Å². The van der Waals surface area contributed by atoms with Crippen LogP contribution in [0.4, 0.5) is 0 Å². The summed E-state index contributed by atoms with van der Waals surface area (Å²) in [5.74, 6) is 2.74. The molecule has 5 heteroatoms. The van der Waals surface area contributed by atoms with Crippen molar-refractivity contribution in [2.45, 2.75) is 98.3 Å². The van der Waals surface area contributed by atoms with Gasteiger partial charge < -0.3 is 9.31 Å². The van der Waals surface area contributed by atoms with Gasteiger partial charge in [-0.15, -0.1) is 0 Å². The standard InChI is InChI=1S/C22H37BN2O2/c1-15-8-17-10-18(9-15)12-22(7,11-17)14-25-16(2)19(13-24-25)23-26-20(3,4)21(5,6)27-23/h13,15,17-18H,8-12,14H2,1-7H3. The molecule has 0 aromatic carbocycles. The normalized spacial score (nSPS) is 37.6. The van der Waals surface area contributed by atoms with Crippen LogP contribution in [0.5, 0.6) is 0 Å². The van der Waals surface area contributed by atoms with Gasteiger partial charge >= 0.3 is 7.12 Å². The van der Waals surface area contributed by atoms with Crippen molar-refractivity contribution in [3.63, 3.8) is 0 Å². The third-order valence-electron chi connectivity index (χ3n) is 7.88. The second-order valence-electron chi connectivity index (χ2n) is 11.2. The smallest absolute Gasteiger partial charge is 0.399 e. The fourth-order valence-electron chi connectivity index (χ4n) is 6.02. The van der Waals surface area contributed by atoms with Crippen LogP contribution in [0.3, 0.4) is 0 Å². The predicted molar refractivity (Wildman–Crippen MR) is 110 cm³/mol. The average Bonchev–Trinajstić information content (AvgIpc) is 2.94. The number of aromatic nitrogens is 2. The highest BCUT2D eigenvalue weighted by atomic mass is 16.7. The Hall–Kier alpha value is -0.805. The second kappa shape index (κ2) is 6.35. The monoisotopic (exact) mass is 372 g/mol. The van der Waals surface area contributed by atoms with Crippen LogP contribution >= 0.6 is 0 Å². The van der Waals surface area contributed by atoms with E-state index >= 15 is 0 Å². The molecule has 2 unspecified atom stereocenters. The van der Waals surface area contributed by atoms with E-state index in [1.807, 2.05) is 6.20 Å². The lowest BCUT2D eigenvalue weighted by Gasteiger charge is -2.47. The van der Waals surface area contributed by atoms with Gasteiger partial charge in [-0.3, -0.25) is 4.68 Å². The Balaban J connectivity index is 1.50. The summed E-state index contributed by atoms with van der Waals surface area (Å²) < 4.78 is 14.7. The van der Waals surface area contributed by atoms with E-state index in [4.69, 9.17) is 14.4 Å². The van der Waals surface area contributed by atoms with Gasteiger partial charge in [-0.05, 0) is 89.9 Å². The molecule has 2 bridgehead atoms. The molecular formula is C22H37BN2O2. The zero-order valence-corrected chi connectivity index (χ0v) is 18.3. The SMILES string of the molecule is Cc1c(B2OC(C)(C)C(C)(C)O2)cnn1CC1(C)CC2CC(C)CC(C2)C1. The second-order valence-corrected chi connectivity index (χ2v) is 11.2. The third kappa shape index (κ3) is 3.50. The van der Waals surface area contributed by atoms with E-state index < -0.39 is 0 Å². The first-order valence-electron chi connectivity index (χ1n) is 10.9. The maximum atomic E-state index is 6.26. The highest BCUT2D eigenvalue weighted by molar-refractivity contribution is 6.62. The van der Waals surface area contributed by atoms with Crippen molar-refractivity contribution in [3.05, 3.63) is 11.9 Å². The summed E-state index contributed by atoms with van der Waals surface area (Å²) in [6.45, 7) is 16.5. The summed E-state index contributed by atoms with van der Waals surface area (Å²) in [6, 6.07) is 0. The van der Waals surface area contributed by atoms with Crippen molar-refractivity contribution in [2.24, 2.45) is 23.2 Å². The van der Waals surface area contributed by atoms with E-state index in [0.717, 1.165) is 29.8 Å². The number of hydrogen-bond acceptors (Lipinski definition) is 3. The molecule has 2 heterocycles. The van der Waals surface area contributed by atoms with E-state index in [1.165, 1.54) is 37.8 Å². The summed E-state index contributed by atoms with van der Waals surface area (Å²) in [5.41, 5.74) is 2.02. The fraction of sp³-hybridized carbons (Fsp3) is 0.864. The van der Waals surface area contributed by atoms with Crippen molar-refractivity contribution < 1.29 is 9.31 Å². The van der Waals surface area contributed by atoms with E-state index in [9.17, 15) is 0 Å². The molecule has 4 rings (SSSR count). The molecule has 3 aliphatic rings. The Kier molecular flexibility index (Phi) is 4.59. The van der Waals surface area contributed by atoms with Gasteiger partial charge in [0.1, 0.15) is 0 Å². The zero-order valence-electron chi connectivity index (χ0n) is 18.3. The largest absolute Gasteiger partial charge is 0.498 e. The Labute approximate surface area is 165 Å². The summed E-state index contributed by atoms with van der Waals surface area (Å²) in [7, 11) is -0.317. The summed E-state index contributed by atoms with van der Waals surface area (Å²) in [5, 5.41) is 4.76. The first-order chi connectivity index (χ1) is 12.5. The van der Waals surface area contributed by atoms with Crippen LogP contribution in [0.1, 0.15) is 79.3 Å². The Morgan fingerprint density at radius 2 is 1.59 bits per heavy atom. The van der Waals surface area contributed by atoms with E-state index in [0.29, 0.717) is 5.41 Å². The third-order valence-corrected chi connectivity index (χ3v) is 7.88. The Morgan fingerprint density at radius 3 is 2.15 bits per heavy atom. The van der Waals surface area contributed by atoms with Gasteiger partial charge in [-0.1, -0.05) is 13.8 Å². The molecule has 4 nitrogen and oxygen atoms in total. The van der Waals surface area contributed by atoms with Gasteiger partial charge in [0.2, 0.25) is 0 Å². The molecule has 2 atom stereocenters. The predicted octanol–water partition coefficient (Wildman–Crippen LogP) is 4.34. The molecule has 2 aliphatic carbocycles. The molecule has 150 valence electrons. The molecule has 27 heavy (non-hydrogen) atoms. The van der Waals surface area contributed by atoms with Crippen molar-refractivity contribution in [3.8, 4) is 0 Å².